The highest BCUT2D eigenvalue weighted by Gasteiger charge is 2.21. The summed E-state index contributed by atoms with van der Waals surface area (Å²) in [6.07, 6.45) is 6.51. The number of carboxylic acids is 1. The number of sulfonamides is 1. The summed E-state index contributed by atoms with van der Waals surface area (Å²) in [7, 11) is -3.93. The zero-order valence-electron chi connectivity index (χ0n) is 27.4. The Morgan fingerprint density at radius 3 is 2.18 bits per heavy atom. The third-order valence-electron chi connectivity index (χ3n) is 8.80. The van der Waals surface area contributed by atoms with Crippen molar-refractivity contribution in [2.24, 2.45) is 0 Å². The summed E-state index contributed by atoms with van der Waals surface area (Å²) in [5.41, 5.74) is 4.85. The van der Waals surface area contributed by atoms with Crippen molar-refractivity contribution in [3.63, 3.8) is 0 Å². The lowest BCUT2D eigenvalue weighted by atomic mass is 9.83. The van der Waals surface area contributed by atoms with Gasteiger partial charge in [0, 0.05) is 17.8 Å². The van der Waals surface area contributed by atoms with Crippen molar-refractivity contribution in [3.8, 4) is 0 Å². The van der Waals surface area contributed by atoms with Crippen molar-refractivity contribution in [1.82, 2.24) is 10.6 Å². The first-order valence-corrected chi connectivity index (χ1v) is 18.1. The van der Waals surface area contributed by atoms with Crippen LogP contribution < -0.4 is 20.7 Å². The summed E-state index contributed by atoms with van der Waals surface area (Å²) in [4.78, 5) is 36.8. The molecule has 0 aromatic heterocycles. The highest BCUT2D eigenvalue weighted by atomic mass is 32.2. The Kier molecular flexibility index (Phi) is 11.7. The molecule has 0 bridgehead atoms. The second-order valence-corrected chi connectivity index (χ2v) is 13.9. The highest BCUT2D eigenvalue weighted by Crippen LogP contribution is 2.34. The van der Waals surface area contributed by atoms with Gasteiger partial charge in [0.05, 0.1) is 23.0 Å². The SMILES string of the molecule is CCc1ccccc1NS(=O)(=O)c1cccc(NC(=O)NC(c2ccc(C(=O)NCCC(=O)O)cc2)c2ccc(C3CCCCC3)cc2)c1. The lowest BCUT2D eigenvalue weighted by Crippen LogP contribution is -2.33. The quantitative estimate of drug-likeness (QED) is 0.100. The van der Waals surface area contributed by atoms with Gasteiger partial charge in [-0.2, -0.15) is 0 Å². The molecule has 1 aliphatic rings. The first kappa shape index (κ1) is 35.2. The summed E-state index contributed by atoms with van der Waals surface area (Å²) in [6, 6.07) is 27.1. The van der Waals surface area contributed by atoms with Gasteiger partial charge in [0.25, 0.3) is 15.9 Å². The van der Waals surface area contributed by atoms with E-state index in [2.05, 4.69) is 32.8 Å². The third-order valence-corrected chi connectivity index (χ3v) is 10.2. The second-order valence-electron chi connectivity index (χ2n) is 12.2. The van der Waals surface area contributed by atoms with Crippen LogP contribution in [0.1, 0.15) is 90.0 Å². The Balaban J connectivity index is 1.34. The van der Waals surface area contributed by atoms with E-state index in [9.17, 15) is 22.8 Å². The van der Waals surface area contributed by atoms with Gasteiger partial charge in [-0.1, -0.05) is 86.8 Å². The van der Waals surface area contributed by atoms with Gasteiger partial charge in [0.15, 0.2) is 0 Å². The number of carbonyl (C=O) groups is 3. The van der Waals surface area contributed by atoms with E-state index in [1.165, 1.54) is 37.0 Å². The van der Waals surface area contributed by atoms with Crippen LogP contribution in [0.5, 0.6) is 0 Å². The standard InChI is InChI=1S/C38H42N4O6S/c1-2-26-9-6-7-14-34(26)42-49(47,48)33-13-8-12-32(25-33)40-38(46)41-36(29-17-15-28(16-18-29)27-10-4-3-5-11-27)30-19-21-31(22-20-30)37(45)39-24-23-35(43)44/h6-9,12-22,25,27,36,42H,2-5,10-11,23-24H2,1H3,(H,39,45)(H,43,44)(H2,40,41,46). The number of aryl methyl sites for hydroxylation is 1. The molecule has 10 nitrogen and oxygen atoms in total. The minimum absolute atomic E-state index is 0.00303. The van der Waals surface area contributed by atoms with Crippen LogP contribution in [0, 0.1) is 0 Å². The van der Waals surface area contributed by atoms with Gasteiger partial charge in [0.2, 0.25) is 0 Å². The maximum atomic E-state index is 13.5. The molecule has 5 N–H and O–H groups in total. The van der Waals surface area contributed by atoms with E-state index in [4.69, 9.17) is 5.11 Å². The Morgan fingerprint density at radius 2 is 1.51 bits per heavy atom. The molecule has 256 valence electrons. The Bertz CT molecular complexity index is 1870. The van der Waals surface area contributed by atoms with E-state index >= 15 is 0 Å². The van der Waals surface area contributed by atoms with E-state index in [1.807, 2.05) is 31.2 Å². The summed E-state index contributed by atoms with van der Waals surface area (Å²) in [5.74, 6) is -0.876. The van der Waals surface area contributed by atoms with Crippen molar-refractivity contribution in [2.45, 2.75) is 68.7 Å². The molecule has 0 radical (unpaired) electrons. The zero-order chi connectivity index (χ0) is 34.8. The van der Waals surface area contributed by atoms with E-state index in [1.54, 1.807) is 48.5 Å². The molecular formula is C38H42N4O6S. The molecule has 3 amide bonds. The predicted octanol–water partition coefficient (Wildman–Crippen LogP) is 7.21. The molecule has 0 saturated heterocycles. The Hall–Kier alpha value is -5.16. The van der Waals surface area contributed by atoms with Gasteiger partial charge in [-0.3, -0.25) is 14.3 Å². The van der Waals surface area contributed by atoms with Crippen LogP contribution in [-0.4, -0.2) is 38.0 Å². The fourth-order valence-corrected chi connectivity index (χ4v) is 7.29. The molecule has 1 fully saturated rings. The molecule has 0 heterocycles. The van der Waals surface area contributed by atoms with Gasteiger partial charge in [0.1, 0.15) is 0 Å². The summed E-state index contributed by atoms with van der Waals surface area (Å²) >= 11 is 0. The monoisotopic (exact) mass is 682 g/mol. The van der Waals surface area contributed by atoms with Gasteiger partial charge < -0.3 is 21.1 Å². The molecule has 4 aromatic rings. The van der Waals surface area contributed by atoms with Gasteiger partial charge in [-0.05, 0) is 83.8 Å². The lowest BCUT2D eigenvalue weighted by molar-refractivity contribution is -0.136. The number of hydrogen-bond donors (Lipinski definition) is 5. The minimum Gasteiger partial charge on any atom is -0.481 e. The van der Waals surface area contributed by atoms with Crippen LogP contribution >= 0.6 is 0 Å². The molecule has 0 spiro atoms. The lowest BCUT2D eigenvalue weighted by Gasteiger charge is -2.24. The number of aliphatic carboxylic acids is 1. The number of rotatable bonds is 13. The van der Waals surface area contributed by atoms with Crippen molar-refractivity contribution >= 4 is 39.3 Å². The molecule has 11 heteroatoms. The fourth-order valence-electron chi connectivity index (χ4n) is 6.14. The number of hydrogen-bond acceptors (Lipinski definition) is 5. The average Bonchev–Trinajstić information content (AvgIpc) is 3.11. The van der Waals surface area contributed by atoms with Crippen LogP contribution in [0.4, 0.5) is 16.2 Å². The van der Waals surface area contributed by atoms with Crippen molar-refractivity contribution < 1.29 is 27.9 Å². The third kappa shape index (κ3) is 9.48. The molecule has 5 rings (SSSR count). The molecule has 1 unspecified atom stereocenters. The van der Waals surface area contributed by atoms with Crippen LogP contribution in [-0.2, 0) is 21.2 Å². The molecule has 0 aliphatic heterocycles. The number of urea groups is 1. The number of para-hydroxylation sites is 1. The normalized spacial score (nSPS) is 14.0. The summed E-state index contributed by atoms with van der Waals surface area (Å²) in [6.45, 7) is 1.96. The highest BCUT2D eigenvalue weighted by molar-refractivity contribution is 7.92. The molecule has 1 aliphatic carbocycles. The first-order chi connectivity index (χ1) is 23.6. The van der Waals surface area contributed by atoms with Crippen LogP contribution in [0.15, 0.2) is 102 Å². The van der Waals surface area contributed by atoms with E-state index < -0.39 is 34.0 Å². The topological polar surface area (TPSA) is 154 Å². The summed E-state index contributed by atoms with van der Waals surface area (Å²) in [5, 5.41) is 17.3. The minimum atomic E-state index is -3.93. The Morgan fingerprint density at radius 1 is 0.837 bits per heavy atom. The Labute approximate surface area is 287 Å². The predicted molar refractivity (Wildman–Crippen MR) is 190 cm³/mol. The smallest absolute Gasteiger partial charge is 0.319 e. The number of nitrogens with one attached hydrogen (secondary N) is 4. The number of benzene rings is 4. The average molecular weight is 683 g/mol. The molecular weight excluding hydrogens is 641 g/mol. The van der Waals surface area contributed by atoms with Gasteiger partial charge in [-0.25, -0.2) is 13.2 Å². The maximum absolute atomic E-state index is 13.5. The van der Waals surface area contributed by atoms with Crippen LogP contribution in [0.3, 0.4) is 0 Å². The number of carboxylic acid groups (broad SMARTS) is 1. The number of anilines is 2. The number of amides is 3. The van der Waals surface area contributed by atoms with Crippen LogP contribution in [0.2, 0.25) is 0 Å². The first-order valence-electron chi connectivity index (χ1n) is 16.6. The molecule has 1 saturated carbocycles. The second kappa shape index (κ2) is 16.3. The zero-order valence-corrected chi connectivity index (χ0v) is 28.3. The van der Waals surface area contributed by atoms with Gasteiger partial charge in [-0.15, -0.1) is 0 Å². The van der Waals surface area contributed by atoms with Crippen LogP contribution in [0.25, 0.3) is 0 Å². The van der Waals surface area contributed by atoms with Gasteiger partial charge >= 0.3 is 12.0 Å². The van der Waals surface area contributed by atoms with Crippen molar-refractivity contribution in [2.75, 3.05) is 16.6 Å². The molecule has 4 aromatic carbocycles. The summed E-state index contributed by atoms with van der Waals surface area (Å²) < 4.78 is 29.2. The van der Waals surface area contributed by atoms with E-state index in [-0.39, 0.29) is 17.9 Å². The largest absolute Gasteiger partial charge is 0.481 e. The van der Waals surface area contributed by atoms with Crippen molar-refractivity contribution in [3.05, 3.63) is 125 Å². The van der Waals surface area contributed by atoms with E-state index in [0.717, 1.165) is 29.5 Å². The maximum Gasteiger partial charge on any atom is 0.319 e. The van der Waals surface area contributed by atoms with Crippen molar-refractivity contribution in [1.29, 1.82) is 0 Å². The number of carbonyl (C=O) groups excluding carboxylic acids is 2. The molecule has 1 atom stereocenters. The van der Waals surface area contributed by atoms with E-state index in [0.29, 0.717) is 29.3 Å². The molecule has 49 heavy (non-hydrogen) atoms. The fraction of sp³-hybridized carbons (Fsp3) is 0.289.